The van der Waals surface area contributed by atoms with Crippen LogP contribution in [0.5, 0.6) is 0 Å². The average Bonchev–Trinajstić information content (AvgIpc) is 0.722. The molecule has 6 heteroatoms. The first kappa shape index (κ1) is 10.5. The fraction of sp³-hybridized carbons (Fsp3) is 0. The first-order chi connectivity index (χ1) is 2.00. The molecule has 6 heavy (non-hydrogen) atoms. The van der Waals surface area contributed by atoms with E-state index in [0.717, 1.165) is 0 Å². The topological polar surface area (TPSA) is 68.3 Å². The Bertz CT molecular complexity index is 163. The van der Waals surface area contributed by atoms with Gasteiger partial charge in [-0.05, 0) is 0 Å². The van der Waals surface area contributed by atoms with Crippen molar-refractivity contribution >= 4 is 0 Å². The van der Waals surface area contributed by atoms with Crippen molar-refractivity contribution < 1.29 is 81.8 Å². The van der Waals surface area contributed by atoms with E-state index in [9.17, 15) is 0 Å². The zero-order chi connectivity index (χ0) is 4.50. The van der Waals surface area contributed by atoms with Crippen LogP contribution < -0.4 is 51.4 Å². The Morgan fingerprint density at radius 3 is 1.00 bits per heavy atom. The van der Waals surface area contributed by atoms with Gasteiger partial charge in [-0.3, -0.25) is 0 Å². The predicted molar refractivity (Wildman–Crippen MR) is 3.86 cm³/mol. The summed E-state index contributed by atoms with van der Waals surface area (Å²) < 4.78 is 34.5. The van der Waals surface area contributed by atoms with Gasteiger partial charge in [0.2, 0.25) is 0 Å². The van der Waals surface area contributed by atoms with Crippen molar-refractivity contribution in [3.05, 3.63) is 0 Å². The first-order valence-electron chi connectivity index (χ1n) is 0.577. The van der Waals surface area contributed by atoms with Crippen LogP contribution in [0.1, 0.15) is 1.43 Å². The fourth-order valence-corrected chi connectivity index (χ4v) is 0. The summed E-state index contributed by atoms with van der Waals surface area (Å²) in [6.45, 7) is 0. The van der Waals surface area contributed by atoms with Gasteiger partial charge in [0.25, 0.3) is 0 Å². The second-order valence-electron chi connectivity index (χ2n) is 0.354. The van der Waals surface area contributed by atoms with Crippen molar-refractivity contribution in [2.75, 3.05) is 0 Å². The van der Waals surface area contributed by atoms with Crippen molar-refractivity contribution in [1.29, 1.82) is 0 Å². The van der Waals surface area contributed by atoms with E-state index in [1.165, 1.54) is 0 Å². The molecule has 4 nitrogen and oxygen atoms in total. The summed E-state index contributed by atoms with van der Waals surface area (Å²) in [5.41, 5.74) is 0. The minimum atomic E-state index is -6.06. The molecule has 0 heterocycles. The SMILES string of the molecule is [H-].[K+].[O]=[Os](=[O])(=[O])=[O]. The summed E-state index contributed by atoms with van der Waals surface area (Å²) in [6, 6.07) is 0. The van der Waals surface area contributed by atoms with Crippen molar-refractivity contribution in [1.82, 2.24) is 0 Å². The van der Waals surface area contributed by atoms with Crippen LogP contribution in [0.25, 0.3) is 0 Å². The summed E-state index contributed by atoms with van der Waals surface area (Å²) in [5, 5.41) is 0. The molecule has 0 aromatic heterocycles. The molecule has 0 spiro atoms. The Morgan fingerprint density at radius 2 is 1.00 bits per heavy atom. The van der Waals surface area contributed by atoms with Gasteiger partial charge in [0.15, 0.2) is 0 Å². The van der Waals surface area contributed by atoms with Crippen molar-refractivity contribution in [2.24, 2.45) is 0 Å². The molecule has 0 saturated carbocycles. The van der Waals surface area contributed by atoms with Gasteiger partial charge in [-0.25, -0.2) is 0 Å². The third-order valence-electron chi connectivity index (χ3n) is 0. The monoisotopic (exact) mass is 296 g/mol. The predicted octanol–water partition coefficient (Wildman–Crippen LogP) is -3.36. The Labute approximate surface area is 80.2 Å². The summed E-state index contributed by atoms with van der Waals surface area (Å²) in [4.78, 5) is 0. The third kappa shape index (κ3) is 50.5. The summed E-state index contributed by atoms with van der Waals surface area (Å²) in [7, 11) is 0. The van der Waals surface area contributed by atoms with Crippen molar-refractivity contribution in [3.63, 3.8) is 0 Å². The van der Waals surface area contributed by atoms with E-state index in [4.69, 9.17) is 14.2 Å². The quantitative estimate of drug-likeness (QED) is 0.438. The van der Waals surface area contributed by atoms with Gasteiger partial charge in [-0.15, -0.1) is 0 Å². The van der Waals surface area contributed by atoms with Crippen LogP contribution in [0.2, 0.25) is 0 Å². The van der Waals surface area contributed by atoms with Crippen LogP contribution in [0.15, 0.2) is 0 Å². The maximum absolute atomic E-state index is 8.63. The summed E-state index contributed by atoms with van der Waals surface area (Å²) in [5.74, 6) is 0. The normalized spacial score (nSPS) is 9.33. The van der Waals surface area contributed by atoms with Crippen LogP contribution in [-0.4, -0.2) is 0 Å². The molecule has 0 radical (unpaired) electrons. The van der Waals surface area contributed by atoms with E-state index in [0.29, 0.717) is 0 Å². The molecule has 0 aromatic rings. The van der Waals surface area contributed by atoms with Gasteiger partial charge in [0, 0.05) is 0 Å². The standard InChI is InChI=1S/K.4O.Os.H/q+1;;;;;;-1. The van der Waals surface area contributed by atoms with Crippen LogP contribution in [0, 0.1) is 0 Å². The van der Waals surface area contributed by atoms with E-state index in [1.54, 1.807) is 0 Å². The van der Waals surface area contributed by atoms with Crippen molar-refractivity contribution in [2.45, 2.75) is 0 Å². The molecule has 0 amide bonds. The molecular formula is HKO4Os. The van der Waals surface area contributed by atoms with Crippen molar-refractivity contribution in [3.8, 4) is 0 Å². The van der Waals surface area contributed by atoms with Gasteiger partial charge >= 0.3 is 80.4 Å². The van der Waals surface area contributed by atoms with Gasteiger partial charge in [-0.1, -0.05) is 0 Å². The minimum absolute atomic E-state index is 0. The first-order valence-corrected chi connectivity index (χ1v) is 4.73. The maximum atomic E-state index is 8.63. The fourth-order valence-electron chi connectivity index (χ4n) is 0. The molecule has 0 N–H and O–H groups in total. The average molecular weight is 294 g/mol. The molecule has 0 aliphatic rings. The van der Waals surface area contributed by atoms with Crippen LogP contribution in [0.4, 0.5) is 0 Å². The number of hydrogen-bond donors (Lipinski definition) is 0. The molecule has 0 aromatic carbocycles. The van der Waals surface area contributed by atoms with Gasteiger partial charge < -0.3 is 1.43 Å². The van der Waals surface area contributed by atoms with E-state index >= 15 is 0 Å². The van der Waals surface area contributed by atoms with E-state index < -0.39 is 14.8 Å². The van der Waals surface area contributed by atoms with Gasteiger partial charge in [0.1, 0.15) is 0 Å². The van der Waals surface area contributed by atoms with Crippen LogP contribution in [0.3, 0.4) is 0 Å². The molecule has 0 bridgehead atoms. The number of hydrogen-bond acceptors (Lipinski definition) is 4. The van der Waals surface area contributed by atoms with E-state index in [1.807, 2.05) is 0 Å². The molecular weight excluding hydrogens is 293 g/mol. The molecule has 0 aliphatic heterocycles. The third-order valence-corrected chi connectivity index (χ3v) is 0. The number of rotatable bonds is 0. The molecule has 0 atom stereocenters. The van der Waals surface area contributed by atoms with Gasteiger partial charge in [-0.2, -0.15) is 0 Å². The Kier molecular flexibility index (Phi) is 6.05. The van der Waals surface area contributed by atoms with E-state index in [-0.39, 0.29) is 52.8 Å². The molecule has 0 aliphatic carbocycles. The van der Waals surface area contributed by atoms with Crippen LogP contribution in [-0.2, 0) is 29.0 Å². The summed E-state index contributed by atoms with van der Waals surface area (Å²) >= 11 is -6.06. The van der Waals surface area contributed by atoms with E-state index in [2.05, 4.69) is 0 Å². The Hall–Kier alpha value is 1.47. The zero-order valence-electron chi connectivity index (χ0n) is 3.99. The Balaban J connectivity index is -0.0000000800. The van der Waals surface area contributed by atoms with Crippen LogP contribution >= 0.6 is 0 Å². The summed E-state index contributed by atoms with van der Waals surface area (Å²) in [6.07, 6.45) is 0. The molecule has 0 saturated heterocycles. The second-order valence-corrected chi connectivity index (χ2v) is 2.89. The molecule has 0 fully saturated rings. The molecule has 34 valence electrons. The van der Waals surface area contributed by atoms with Gasteiger partial charge in [0.05, 0.1) is 0 Å². The molecule has 0 rings (SSSR count). The Morgan fingerprint density at radius 1 is 1.00 bits per heavy atom. The molecule has 0 unspecified atom stereocenters. The zero-order valence-corrected chi connectivity index (χ0v) is 8.65. The second kappa shape index (κ2) is 3.47.